The van der Waals surface area contributed by atoms with Crippen molar-refractivity contribution in [1.82, 2.24) is 9.94 Å². The fourth-order valence-corrected chi connectivity index (χ4v) is 0.419. The first kappa shape index (κ1) is 5.61. The van der Waals surface area contributed by atoms with Gasteiger partial charge in [0.05, 0.1) is 18.1 Å². The Bertz CT molecular complexity index is 207. The Morgan fingerprint density at radius 1 is 1.89 bits per heavy atom. The molecule has 1 aromatic rings. The molecule has 9 heavy (non-hydrogen) atoms. The van der Waals surface area contributed by atoms with E-state index < -0.39 is 0 Å². The van der Waals surface area contributed by atoms with E-state index >= 15 is 0 Å². The molecule has 1 heterocycles. The molecule has 5 heteroatoms. The second-order valence-electron chi connectivity index (χ2n) is 1.38. The van der Waals surface area contributed by atoms with Crippen LogP contribution < -0.4 is 10.6 Å². The van der Waals surface area contributed by atoms with Crippen LogP contribution in [-0.2, 0) is 4.79 Å². The summed E-state index contributed by atoms with van der Waals surface area (Å²) in [6.07, 6.45) is 2.76. The van der Waals surface area contributed by atoms with Crippen molar-refractivity contribution in [2.45, 2.75) is 0 Å². The number of rotatable bonds is 2. The Morgan fingerprint density at radius 3 is 3.11 bits per heavy atom. The SMILES string of the molecule is Nc1cnn(OC=O)c1. The Morgan fingerprint density at radius 2 is 2.67 bits per heavy atom. The van der Waals surface area contributed by atoms with Crippen molar-refractivity contribution in [3.63, 3.8) is 0 Å². The van der Waals surface area contributed by atoms with Crippen LogP contribution in [0.2, 0.25) is 0 Å². The van der Waals surface area contributed by atoms with Crippen LogP contribution in [0.3, 0.4) is 0 Å². The highest BCUT2D eigenvalue weighted by Gasteiger charge is 1.90. The van der Waals surface area contributed by atoms with E-state index in [9.17, 15) is 4.79 Å². The van der Waals surface area contributed by atoms with Gasteiger partial charge in [-0.05, 0) is 0 Å². The minimum Gasteiger partial charge on any atom is -0.396 e. The van der Waals surface area contributed by atoms with Crippen molar-refractivity contribution in [3.8, 4) is 0 Å². The lowest BCUT2D eigenvalue weighted by Crippen LogP contribution is -2.08. The van der Waals surface area contributed by atoms with Gasteiger partial charge in [0, 0.05) is 0 Å². The summed E-state index contributed by atoms with van der Waals surface area (Å²) >= 11 is 0. The third-order valence-corrected chi connectivity index (χ3v) is 0.731. The zero-order valence-corrected chi connectivity index (χ0v) is 4.52. The lowest BCUT2D eigenvalue weighted by Gasteiger charge is -1.89. The zero-order valence-electron chi connectivity index (χ0n) is 4.52. The third kappa shape index (κ3) is 1.18. The molecule has 0 saturated carbocycles. The molecule has 0 aliphatic carbocycles. The van der Waals surface area contributed by atoms with Crippen LogP contribution >= 0.6 is 0 Å². The summed E-state index contributed by atoms with van der Waals surface area (Å²) in [6, 6.07) is 0. The molecule has 2 N–H and O–H groups in total. The molecular formula is C4H5N3O2. The Hall–Kier alpha value is -1.52. The fraction of sp³-hybridized carbons (Fsp3) is 0. The topological polar surface area (TPSA) is 70.1 Å². The van der Waals surface area contributed by atoms with Crippen LogP contribution in [0.25, 0.3) is 0 Å². The maximum atomic E-state index is 9.66. The number of nitrogens with two attached hydrogens (primary N) is 1. The quantitative estimate of drug-likeness (QED) is 0.520. The van der Waals surface area contributed by atoms with Gasteiger partial charge in [0.1, 0.15) is 0 Å². The monoisotopic (exact) mass is 127 g/mol. The molecule has 0 atom stereocenters. The van der Waals surface area contributed by atoms with Gasteiger partial charge >= 0.3 is 6.47 Å². The van der Waals surface area contributed by atoms with Crippen molar-refractivity contribution in [3.05, 3.63) is 12.4 Å². The van der Waals surface area contributed by atoms with E-state index in [1.807, 2.05) is 0 Å². The number of carbonyl (C=O) groups is 1. The lowest BCUT2D eigenvalue weighted by molar-refractivity contribution is -0.130. The first-order chi connectivity index (χ1) is 4.33. The summed E-state index contributed by atoms with van der Waals surface area (Å²) in [5.74, 6) is 0. The molecule has 0 bridgehead atoms. The average Bonchev–Trinajstić information content (AvgIpc) is 2.17. The molecule has 0 aromatic carbocycles. The molecule has 0 radical (unpaired) electrons. The van der Waals surface area contributed by atoms with E-state index in [-0.39, 0.29) is 6.47 Å². The molecule has 0 amide bonds. The van der Waals surface area contributed by atoms with Crippen molar-refractivity contribution in [1.29, 1.82) is 0 Å². The number of anilines is 1. The van der Waals surface area contributed by atoms with Crippen LogP contribution in [0.4, 0.5) is 5.69 Å². The largest absolute Gasteiger partial charge is 0.396 e. The number of nitrogens with zero attached hydrogens (tertiary/aromatic N) is 2. The van der Waals surface area contributed by atoms with Crippen LogP contribution in [0.15, 0.2) is 12.4 Å². The highest BCUT2D eigenvalue weighted by atomic mass is 16.7. The average molecular weight is 127 g/mol. The Labute approximate surface area is 51.0 Å². The highest BCUT2D eigenvalue weighted by molar-refractivity contribution is 5.38. The van der Waals surface area contributed by atoms with E-state index in [4.69, 9.17) is 5.73 Å². The van der Waals surface area contributed by atoms with Gasteiger partial charge in [0.15, 0.2) is 0 Å². The number of nitrogen functional groups attached to an aromatic ring is 1. The predicted octanol–water partition coefficient (Wildman–Crippen LogP) is -0.950. The minimum atomic E-state index is 0.270. The summed E-state index contributed by atoms with van der Waals surface area (Å²) in [7, 11) is 0. The second-order valence-corrected chi connectivity index (χ2v) is 1.38. The standard InChI is InChI=1S/C4H5N3O2/c5-4-1-6-7(2-4)9-3-8/h1-3H,5H2. The number of aromatic nitrogens is 2. The van der Waals surface area contributed by atoms with Crippen molar-refractivity contribution in [2.75, 3.05) is 5.73 Å². The predicted molar refractivity (Wildman–Crippen MR) is 29.3 cm³/mol. The molecule has 0 spiro atoms. The molecule has 0 aliphatic rings. The van der Waals surface area contributed by atoms with E-state index in [2.05, 4.69) is 9.94 Å². The zero-order chi connectivity index (χ0) is 6.69. The van der Waals surface area contributed by atoms with Gasteiger partial charge in [0.25, 0.3) is 0 Å². The van der Waals surface area contributed by atoms with Gasteiger partial charge in [-0.3, -0.25) is 4.79 Å². The van der Waals surface area contributed by atoms with Gasteiger partial charge < -0.3 is 10.6 Å². The number of hydrogen-bond acceptors (Lipinski definition) is 4. The van der Waals surface area contributed by atoms with Crippen molar-refractivity contribution >= 4 is 12.2 Å². The van der Waals surface area contributed by atoms with E-state index in [0.717, 1.165) is 4.85 Å². The Kier molecular flexibility index (Phi) is 1.35. The second kappa shape index (κ2) is 2.17. The summed E-state index contributed by atoms with van der Waals surface area (Å²) in [5, 5.41) is 3.54. The van der Waals surface area contributed by atoms with E-state index in [0.29, 0.717) is 5.69 Å². The van der Waals surface area contributed by atoms with Crippen LogP contribution in [0.5, 0.6) is 0 Å². The third-order valence-electron chi connectivity index (χ3n) is 0.731. The van der Waals surface area contributed by atoms with Gasteiger partial charge in [-0.2, -0.15) is 0 Å². The molecule has 1 aromatic heterocycles. The molecule has 5 nitrogen and oxygen atoms in total. The minimum absolute atomic E-state index is 0.270. The lowest BCUT2D eigenvalue weighted by atomic mass is 10.6. The molecule has 48 valence electrons. The number of hydrogen-bond donors (Lipinski definition) is 1. The van der Waals surface area contributed by atoms with Crippen LogP contribution in [0.1, 0.15) is 0 Å². The molecule has 0 saturated heterocycles. The Balaban J connectivity index is 2.72. The van der Waals surface area contributed by atoms with Gasteiger partial charge in [-0.15, -0.1) is 5.10 Å². The summed E-state index contributed by atoms with van der Waals surface area (Å²) in [5.41, 5.74) is 5.69. The maximum Gasteiger partial charge on any atom is 0.323 e. The molecular weight excluding hydrogens is 122 g/mol. The van der Waals surface area contributed by atoms with E-state index in [1.54, 1.807) is 0 Å². The molecule has 0 fully saturated rings. The summed E-state index contributed by atoms with van der Waals surface area (Å²) in [4.78, 5) is 14.9. The maximum absolute atomic E-state index is 9.66. The van der Waals surface area contributed by atoms with Gasteiger partial charge in [-0.1, -0.05) is 4.85 Å². The normalized spacial score (nSPS) is 8.89. The molecule has 1 rings (SSSR count). The summed E-state index contributed by atoms with van der Waals surface area (Å²) in [6.45, 7) is 0.270. The molecule has 0 aliphatic heterocycles. The first-order valence-corrected chi connectivity index (χ1v) is 2.24. The van der Waals surface area contributed by atoms with Crippen LogP contribution in [-0.4, -0.2) is 16.4 Å². The molecule has 0 unspecified atom stereocenters. The van der Waals surface area contributed by atoms with Gasteiger partial charge in [-0.25, -0.2) is 0 Å². The van der Waals surface area contributed by atoms with Gasteiger partial charge in [0.2, 0.25) is 0 Å². The first-order valence-electron chi connectivity index (χ1n) is 2.24. The highest BCUT2D eigenvalue weighted by Crippen LogP contribution is 1.93. The fourth-order valence-electron chi connectivity index (χ4n) is 0.419. The number of carbonyl (C=O) groups excluding carboxylic acids is 1. The summed E-state index contributed by atoms with van der Waals surface area (Å²) < 4.78 is 0. The van der Waals surface area contributed by atoms with E-state index in [1.165, 1.54) is 12.4 Å². The van der Waals surface area contributed by atoms with Crippen LogP contribution in [0, 0.1) is 0 Å². The smallest absolute Gasteiger partial charge is 0.323 e. The van der Waals surface area contributed by atoms with Crippen molar-refractivity contribution < 1.29 is 9.63 Å². The van der Waals surface area contributed by atoms with Crippen molar-refractivity contribution in [2.24, 2.45) is 0 Å².